The van der Waals surface area contributed by atoms with Gasteiger partial charge in [-0.3, -0.25) is 0 Å². The Balaban J connectivity index is 1.61. The highest BCUT2D eigenvalue weighted by Gasteiger charge is 2.50. The Morgan fingerprint density at radius 3 is 2.62 bits per heavy atom. The van der Waals surface area contributed by atoms with Crippen LogP contribution in [0.3, 0.4) is 0 Å². The van der Waals surface area contributed by atoms with Crippen molar-refractivity contribution in [2.75, 3.05) is 20.2 Å². The molecule has 1 aromatic carbocycles. The highest BCUT2D eigenvalue weighted by Crippen LogP contribution is 2.52. The first-order valence-electron chi connectivity index (χ1n) is 8.08. The number of benzene rings is 1. The van der Waals surface area contributed by atoms with E-state index in [-0.39, 0.29) is 5.54 Å². The van der Waals surface area contributed by atoms with Gasteiger partial charge in [-0.15, -0.1) is 0 Å². The summed E-state index contributed by atoms with van der Waals surface area (Å²) in [4.78, 5) is 2.67. The molecule has 0 spiro atoms. The summed E-state index contributed by atoms with van der Waals surface area (Å²) in [7, 11) is 1.72. The van der Waals surface area contributed by atoms with Gasteiger partial charge in [0.2, 0.25) is 0 Å². The summed E-state index contributed by atoms with van der Waals surface area (Å²) in [5.41, 5.74) is 11.2. The molecule has 4 rings (SSSR count). The molecule has 0 amide bonds. The standard InChI is InChI=1S/C18H24N2O/c1-21-16-6-4-13(5-7-16)15-10-18(12-19)9-8-17(14-2-3-14)20(18)11-15/h4-7,15H,2-3,8-12,19H2,1H3. The number of methoxy groups -OCH3 is 1. The van der Waals surface area contributed by atoms with E-state index in [1.807, 2.05) is 0 Å². The Bertz CT molecular complexity index is 571. The minimum atomic E-state index is 0.232. The summed E-state index contributed by atoms with van der Waals surface area (Å²) >= 11 is 0. The lowest BCUT2D eigenvalue weighted by Crippen LogP contribution is -2.44. The Hall–Kier alpha value is -1.48. The number of nitrogens with zero attached hydrogens (tertiary/aromatic N) is 1. The van der Waals surface area contributed by atoms with Crippen molar-refractivity contribution in [2.45, 2.75) is 43.6 Å². The van der Waals surface area contributed by atoms with E-state index in [4.69, 9.17) is 10.5 Å². The van der Waals surface area contributed by atoms with Crippen molar-refractivity contribution in [3.63, 3.8) is 0 Å². The summed E-state index contributed by atoms with van der Waals surface area (Å²) < 4.78 is 5.27. The number of ether oxygens (including phenoxy) is 1. The molecule has 3 nitrogen and oxygen atoms in total. The molecule has 2 saturated heterocycles. The third kappa shape index (κ3) is 2.06. The van der Waals surface area contributed by atoms with E-state index in [9.17, 15) is 0 Å². The van der Waals surface area contributed by atoms with Gasteiger partial charge in [0.05, 0.1) is 12.6 Å². The second-order valence-electron chi connectivity index (χ2n) is 6.76. The molecule has 2 N–H and O–H groups in total. The molecule has 0 aromatic heterocycles. The van der Waals surface area contributed by atoms with Crippen LogP contribution in [0.25, 0.3) is 0 Å². The lowest BCUT2D eigenvalue weighted by Gasteiger charge is -2.32. The van der Waals surface area contributed by atoms with Gasteiger partial charge >= 0.3 is 0 Å². The van der Waals surface area contributed by atoms with Gasteiger partial charge in [-0.2, -0.15) is 0 Å². The average Bonchev–Trinajstić information content (AvgIpc) is 3.20. The van der Waals surface area contributed by atoms with Crippen molar-refractivity contribution in [1.29, 1.82) is 0 Å². The Kier molecular flexibility index (Phi) is 3.00. The Labute approximate surface area is 126 Å². The van der Waals surface area contributed by atoms with Gasteiger partial charge in [0, 0.05) is 24.7 Å². The molecule has 2 aliphatic heterocycles. The first-order valence-corrected chi connectivity index (χ1v) is 8.08. The highest BCUT2D eigenvalue weighted by molar-refractivity contribution is 5.36. The molecule has 2 heterocycles. The van der Waals surface area contributed by atoms with Gasteiger partial charge in [-0.1, -0.05) is 17.7 Å². The number of rotatable bonds is 3. The molecule has 21 heavy (non-hydrogen) atoms. The first kappa shape index (κ1) is 13.2. The van der Waals surface area contributed by atoms with Crippen LogP contribution in [0.2, 0.25) is 0 Å². The molecule has 1 saturated carbocycles. The number of hydrogen-bond acceptors (Lipinski definition) is 3. The summed E-state index contributed by atoms with van der Waals surface area (Å²) in [6, 6.07) is 8.60. The molecular formula is C18H24N2O. The summed E-state index contributed by atoms with van der Waals surface area (Å²) in [6.45, 7) is 1.93. The lowest BCUT2D eigenvalue weighted by atomic mass is 9.87. The fourth-order valence-corrected chi connectivity index (χ4v) is 4.28. The molecule has 2 unspecified atom stereocenters. The Morgan fingerprint density at radius 1 is 1.24 bits per heavy atom. The minimum absolute atomic E-state index is 0.232. The SMILES string of the molecule is COc1ccc(C2CN3C(=C4CC4)CCC3(CN)C2)cc1. The van der Waals surface area contributed by atoms with Crippen LogP contribution in [0.5, 0.6) is 5.75 Å². The summed E-state index contributed by atoms with van der Waals surface area (Å²) in [6.07, 6.45) is 6.34. The smallest absolute Gasteiger partial charge is 0.118 e. The molecule has 1 aliphatic carbocycles. The van der Waals surface area contributed by atoms with Crippen LogP contribution in [0.15, 0.2) is 35.5 Å². The van der Waals surface area contributed by atoms with Crippen molar-refractivity contribution in [2.24, 2.45) is 5.73 Å². The minimum Gasteiger partial charge on any atom is -0.497 e. The predicted molar refractivity (Wildman–Crippen MR) is 84.3 cm³/mol. The third-order valence-corrected chi connectivity index (χ3v) is 5.63. The van der Waals surface area contributed by atoms with Crippen LogP contribution in [0.1, 0.15) is 43.6 Å². The van der Waals surface area contributed by atoms with E-state index in [2.05, 4.69) is 29.2 Å². The van der Waals surface area contributed by atoms with Crippen LogP contribution in [0, 0.1) is 0 Å². The number of hydrogen-bond donors (Lipinski definition) is 1. The number of nitrogens with two attached hydrogens (primary N) is 1. The van der Waals surface area contributed by atoms with E-state index >= 15 is 0 Å². The van der Waals surface area contributed by atoms with Crippen molar-refractivity contribution >= 4 is 0 Å². The van der Waals surface area contributed by atoms with Gasteiger partial charge < -0.3 is 15.4 Å². The first-order chi connectivity index (χ1) is 10.3. The molecule has 0 radical (unpaired) electrons. The molecule has 0 bridgehead atoms. The van der Waals surface area contributed by atoms with Crippen molar-refractivity contribution in [3.05, 3.63) is 41.1 Å². The normalized spacial score (nSPS) is 30.8. The van der Waals surface area contributed by atoms with E-state index in [1.54, 1.807) is 18.4 Å². The van der Waals surface area contributed by atoms with E-state index < -0.39 is 0 Å². The largest absolute Gasteiger partial charge is 0.497 e. The quantitative estimate of drug-likeness (QED) is 0.927. The van der Waals surface area contributed by atoms with Gasteiger partial charge in [0.15, 0.2) is 0 Å². The molecule has 2 atom stereocenters. The van der Waals surface area contributed by atoms with Crippen molar-refractivity contribution < 1.29 is 4.74 Å². The molecule has 3 aliphatic rings. The summed E-state index contributed by atoms with van der Waals surface area (Å²) in [5.74, 6) is 1.54. The molecular weight excluding hydrogens is 260 g/mol. The number of fused-ring (bicyclic) bond motifs is 1. The van der Waals surface area contributed by atoms with Crippen LogP contribution < -0.4 is 10.5 Å². The van der Waals surface area contributed by atoms with Crippen molar-refractivity contribution in [3.8, 4) is 5.75 Å². The maximum Gasteiger partial charge on any atom is 0.118 e. The predicted octanol–water partition coefficient (Wildman–Crippen LogP) is 3.02. The highest BCUT2D eigenvalue weighted by atomic mass is 16.5. The summed E-state index contributed by atoms with van der Waals surface area (Å²) in [5, 5.41) is 0. The molecule has 1 aromatic rings. The second kappa shape index (κ2) is 4.77. The Morgan fingerprint density at radius 2 is 2.00 bits per heavy atom. The van der Waals surface area contributed by atoms with E-state index in [0.29, 0.717) is 5.92 Å². The monoisotopic (exact) mass is 284 g/mol. The molecule has 3 fully saturated rings. The molecule has 112 valence electrons. The van der Waals surface area contributed by atoms with Crippen LogP contribution in [-0.4, -0.2) is 30.6 Å². The van der Waals surface area contributed by atoms with Gasteiger partial charge in [-0.05, 0) is 49.8 Å². The average molecular weight is 284 g/mol. The number of allylic oxidation sites excluding steroid dienone is 2. The lowest BCUT2D eigenvalue weighted by molar-refractivity contribution is 0.231. The zero-order valence-electron chi connectivity index (χ0n) is 12.8. The maximum atomic E-state index is 6.19. The third-order valence-electron chi connectivity index (χ3n) is 5.63. The second-order valence-corrected chi connectivity index (χ2v) is 6.76. The van der Waals surface area contributed by atoms with Gasteiger partial charge in [-0.25, -0.2) is 0 Å². The van der Waals surface area contributed by atoms with Gasteiger partial charge in [0.25, 0.3) is 0 Å². The van der Waals surface area contributed by atoms with Crippen LogP contribution in [-0.2, 0) is 0 Å². The fourth-order valence-electron chi connectivity index (χ4n) is 4.28. The van der Waals surface area contributed by atoms with E-state index in [0.717, 1.165) is 18.8 Å². The van der Waals surface area contributed by atoms with Gasteiger partial charge in [0.1, 0.15) is 5.75 Å². The zero-order chi connectivity index (χ0) is 14.4. The maximum absolute atomic E-state index is 6.19. The fraction of sp³-hybridized carbons (Fsp3) is 0.556. The topological polar surface area (TPSA) is 38.5 Å². The van der Waals surface area contributed by atoms with Crippen LogP contribution in [0.4, 0.5) is 0 Å². The van der Waals surface area contributed by atoms with Crippen molar-refractivity contribution in [1.82, 2.24) is 4.90 Å². The van der Waals surface area contributed by atoms with Crippen LogP contribution >= 0.6 is 0 Å². The molecule has 3 heteroatoms. The zero-order valence-corrected chi connectivity index (χ0v) is 12.8. The van der Waals surface area contributed by atoms with E-state index in [1.165, 1.54) is 37.7 Å².